The summed E-state index contributed by atoms with van der Waals surface area (Å²) in [5.41, 5.74) is 0.934. The van der Waals surface area contributed by atoms with Crippen molar-refractivity contribution in [2.45, 2.75) is 11.8 Å². The van der Waals surface area contributed by atoms with Gasteiger partial charge in [-0.05, 0) is 43.3 Å². The van der Waals surface area contributed by atoms with Crippen LogP contribution in [0.2, 0.25) is 0 Å². The molecule has 0 spiro atoms. The van der Waals surface area contributed by atoms with Gasteiger partial charge in [-0.15, -0.1) is 0 Å². The van der Waals surface area contributed by atoms with Gasteiger partial charge in [0.2, 0.25) is 0 Å². The quantitative estimate of drug-likeness (QED) is 0.714. The molecule has 0 bridgehead atoms. The topological polar surface area (TPSA) is 84.5 Å². The van der Waals surface area contributed by atoms with Crippen LogP contribution in [0.3, 0.4) is 0 Å². The van der Waals surface area contributed by atoms with Gasteiger partial charge in [0.25, 0.3) is 10.0 Å². The van der Waals surface area contributed by atoms with Gasteiger partial charge >= 0.3 is 6.03 Å². The number of hydrogen-bond acceptors (Lipinski definition) is 4. The van der Waals surface area contributed by atoms with Crippen LogP contribution in [0.25, 0.3) is 0 Å². The molecule has 0 fully saturated rings. The van der Waals surface area contributed by atoms with Gasteiger partial charge in [0.1, 0.15) is 12.4 Å². The number of urea groups is 1. The van der Waals surface area contributed by atoms with Crippen molar-refractivity contribution >= 4 is 32.0 Å². The van der Waals surface area contributed by atoms with E-state index in [4.69, 9.17) is 4.74 Å². The average molecular weight is 413 g/mol. The van der Waals surface area contributed by atoms with Crippen LogP contribution in [0.15, 0.2) is 57.9 Å². The number of aryl methyl sites for hydroxylation is 1. The van der Waals surface area contributed by atoms with E-state index in [2.05, 4.69) is 21.2 Å². The molecule has 24 heavy (non-hydrogen) atoms. The third-order valence-corrected chi connectivity index (χ3v) is 4.90. The number of carbonyl (C=O) groups is 1. The average Bonchev–Trinajstić information content (AvgIpc) is 2.53. The molecule has 0 saturated carbocycles. The lowest BCUT2D eigenvalue weighted by molar-refractivity contribution is 0.241. The normalized spacial score (nSPS) is 10.9. The largest absolute Gasteiger partial charge is 0.492 e. The second-order valence-electron chi connectivity index (χ2n) is 4.98. The number of ether oxygens (including phenoxy) is 1. The van der Waals surface area contributed by atoms with Crippen LogP contribution in [0.4, 0.5) is 4.79 Å². The van der Waals surface area contributed by atoms with Crippen molar-refractivity contribution < 1.29 is 17.9 Å². The van der Waals surface area contributed by atoms with Crippen LogP contribution in [0.1, 0.15) is 5.56 Å². The second-order valence-corrected chi connectivity index (χ2v) is 7.57. The molecule has 0 aliphatic carbocycles. The summed E-state index contributed by atoms with van der Waals surface area (Å²) in [7, 11) is -3.88. The van der Waals surface area contributed by atoms with Gasteiger partial charge in [0.05, 0.1) is 11.4 Å². The standard InChI is InChI=1S/C16H17BrN2O4S/c1-12-2-8-15(9-3-12)24(21,22)19-16(20)18-10-11-23-14-6-4-13(17)5-7-14/h2-9H,10-11H2,1H3,(H2,18,19,20). The first-order valence-electron chi connectivity index (χ1n) is 7.12. The molecule has 0 unspecified atom stereocenters. The lowest BCUT2D eigenvalue weighted by atomic mass is 10.2. The Labute approximate surface area is 149 Å². The lowest BCUT2D eigenvalue weighted by Crippen LogP contribution is -2.40. The van der Waals surface area contributed by atoms with Crippen molar-refractivity contribution in [3.05, 3.63) is 58.6 Å². The van der Waals surface area contributed by atoms with Gasteiger partial charge in [-0.25, -0.2) is 17.9 Å². The zero-order valence-corrected chi connectivity index (χ0v) is 15.4. The maximum absolute atomic E-state index is 12.0. The number of benzene rings is 2. The van der Waals surface area contributed by atoms with E-state index >= 15 is 0 Å². The van der Waals surface area contributed by atoms with Crippen LogP contribution in [0.5, 0.6) is 5.75 Å². The number of amides is 2. The fourth-order valence-corrected chi connectivity index (χ4v) is 2.99. The predicted octanol–water partition coefficient (Wildman–Crippen LogP) is 2.82. The maximum Gasteiger partial charge on any atom is 0.328 e. The monoisotopic (exact) mass is 412 g/mol. The first kappa shape index (κ1) is 18.3. The van der Waals surface area contributed by atoms with Crippen molar-refractivity contribution in [3.63, 3.8) is 0 Å². The first-order chi connectivity index (χ1) is 11.4. The molecule has 2 rings (SSSR count). The van der Waals surface area contributed by atoms with Crippen molar-refractivity contribution in [2.24, 2.45) is 0 Å². The predicted molar refractivity (Wildman–Crippen MR) is 94.5 cm³/mol. The van der Waals surface area contributed by atoms with Crippen molar-refractivity contribution in [3.8, 4) is 5.75 Å². The van der Waals surface area contributed by atoms with Crippen LogP contribution < -0.4 is 14.8 Å². The number of carbonyl (C=O) groups excluding carboxylic acids is 1. The van der Waals surface area contributed by atoms with E-state index in [1.807, 2.05) is 23.8 Å². The summed E-state index contributed by atoms with van der Waals surface area (Å²) >= 11 is 3.32. The molecule has 128 valence electrons. The molecule has 0 saturated heterocycles. The van der Waals surface area contributed by atoms with Crippen molar-refractivity contribution in [2.75, 3.05) is 13.2 Å². The number of sulfonamides is 1. The number of halogens is 1. The maximum atomic E-state index is 12.0. The third kappa shape index (κ3) is 5.54. The smallest absolute Gasteiger partial charge is 0.328 e. The number of hydrogen-bond donors (Lipinski definition) is 2. The van der Waals surface area contributed by atoms with Gasteiger partial charge in [0.15, 0.2) is 0 Å². The highest BCUT2D eigenvalue weighted by atomic mass is 79.9. The highest BCUT2D eigenvalue weighted by molar-refractivity contribution is 9.10. The van der Waals surface area contributed by atoms with E-state index in [-0.39, 0.29) is 18.0 Å². The Morgan fingerprint density at radius 1 is 1.08 bits per heavy atom. The van der Waals surface area contributed by atoms with E-state index in [0.717, 1.165) is 10.0 Å². The summed E-state index contributed by atoms with van der Waals surface area (Å²) in [4.78, 5) is 11.7. The SMILES string of the molecule is Cc1ccc(S(=O)(=O)NC(=O)NCCOc2ccc(Br)cc2)cc1. The molecule has 0 aromatic heterocycles. The highest BCUT2D eigenvalue weighted by Gasteiger charge is 2.16. The Kier molecular flexibility index (Phi) is 6.22. The Balaban J connectivity index is 1.78. The van der Waals surface area contributed by atoms with E-state index in [1.165, 1.54) is 12.1 Å². The van der Waals surface area contributed by atoms with E-state index in [0.29, 0.717) is 5.75 Å². The molecule has 0 aliphatic heterocycles. The van der Waals surface area contributed by atoms with E-state index in [1.54, 1.807) is 24.3 Å². The minimum atomic E-state index is -3.88. The molecule has 0 heterocycles. The fraction of sp³-hybridized carbons (Fsp3) is 0.188. The number of rotatable bonds is 6. The van der Waals surface area contributed by atoms with Crippen LogP contribution >= 0.6 is 15.9 Å². The van der Waals surface area contributed by atoms with Gasteiger partial charge in [-0.2, -0.15) is 0 Å². The van der Waals surface area contributed by atoms with E-state index < -0.39 is 16.1 Å². The lowest BCUT2D eigenvalue weighted by Gasteiger charge is -2.10. The summed E-state index contributed by atoms with van der Waals surface area (Å²) in [5.74, 6) is 0.660. The molecular formula is C16H17BrN2O4S. The molecule has 0 atom stereocenters. The van der Waals surface area contributed by atoms with Gasteiger partial charge in [-0.1, -0.05) is 33.6 Å². The van der Waals surface area contributed by atoms with Crippen LogP contribution in [-0.4, -0.2) is 27.6 Å². The summed E-state index contributed by atoms with van der Waals surface area (Å²) < 4.78 is 32.4. The molecule has 8 heteroatoms. The summed E-state index contributed by atoms with van der Waals surface area (Å²) in [5, 5.41) is 2.44. The number of nitrogens with one attached hydrogen (secondary N) is 2. The van der Waals surface area contributed by atoms with Crippen LogP contribution in [-0.2, 0) is 10.0 Å². The minimum absolute atomic E-state index is 0.0364. The third-order valence-electron chi connectivity index (χ3n) is 3.03. The molecular weight excluding hydrogens is 396 g/mol. The Morgan fingerprint density at radius 2 is 1.71 bits per heavy atom. The fourth-order valence-electron chi connectivity index (χ4n) is 1.80. The van der Waals surface area contributed by atoms with Gasteiger partial charge in [0, 0.05) is 4.47 Å². The first-order valence-corrected chi connectivity index (χ1v) is 9.40. The van der Waals surface area contributed by atoms with Gasteiger partial charge in [-0.3, -0.25) is 0 Å². The highest BCUT2D eigenvalue weighted by Crippen LogP contribution is 2.15. The zero-order valence-electron chi connectivity index (χ0n) is 13.0. The Bertz CT molecular complexity index is 790. The van der Waals surface area contributed by atoms with Crippen molar-refractivity contribution in [1.29, 1.82) is 0 Å². The Hall–Kier alpha value is -2.06. The Morgan fingerprint density at radius 3 is 2.33 bits per heavy atom. The van der Waals surface area contributed by atoms with Crippen LogP contribution in [0, 0.1) is 6.92 Å². The van der Waals surface area contributed by atoms with E-state index in [9.17, 15) is 13.2 Å². The minimum Gasteiger partial charge on any atom is -0.492 e. The second kappa shape index (κ2) is 8.16. The summed E-state index contributed by atoms with van der Waals surface area (Å²) in [6.45, 7) is 2.24. The van der Waals surface area contributed by atoms with Gasteiger partial charge < -0.3 is 10.1 Å². The zero-order chi connectivity index (χ0) is 17.6. The molecule has 2 amide bonds. The summed E-state index contributed by atoms with van der Waals surface area (Å²) in [6.07, 6.45) is 0. The summed E-state index contributed by atoms with van der Waals surface area (Å²) in [6, 6.07) is 12.7. The van der Waals surface area contributed by atoms with Crippen molar-refractivity contribution in [1.82, 2.24) is 10.0 Å². The molecule has 2 aromatic rings. The molecule has 2 N–H and O–H groups in total. The molecule has 6 nitrogen and oxygen atoms in total. The molecule has 0 radical (unpaired) electrons. The molecule has 2 aromatic carbocycles. The molecule has 0 aliphatic rings.